The lowest BCUT2D eigenvalue weighted by molar-refractivity contribution is 0.0697. The van der Waals surface area contributed by atoms with E-state index in [2.05, 4.69) is 5.10 Å². The van der Waals surface area contributed by atoms with Gasteiger partial charge in [0.2, 0.25) is 0 Å². The Balaban J connectivity index is 1.75. The number of rotatable bonds is 4. The van der Waals surface area contributed by atoms with Crippen molar-refractivity contribution in [2.45, 2.75) is 6.54 Å². The van der Waals surface area contributed by atoms with Gasteiger partial charge in [0, 0.05) is 11.6 Å². The fourth-order valence-corrected chi connectivity index (χ4v) is 3.02. The first-order valence-corrected chi connectivity index (χ1v) is 8.14. The molecule has 1 N–H and O–H groups in total. The number of aromatic nitrogens is 2. The Hall–Kier alpha value is -3.47. The minimum Gasteiger partial charge on any atom is -0.478 e. The SMILES string of the molecule is O=C(O)c1cccc(-c2cccc3nn(Cc4ccc(F)cc4)cc23)c1. The number of carboxylic acid groups (broad SMARTS) is 1. The van der Waals surface area contributed by atoms with E-state index in [9.17, 15) is 14.3 Å². The van der Waals surface area contributed by atoms with E-state index in [0.717, 1.165) is 27.6 Å². The van der Waals surface area contributed by atoms with Gasteiger partial charge in [-0.3, -0.25) is 4.68 Å². The van der Waals surface area contributed by atoms with Crippen molar-refractivity contribution in [3.05, 3.63) is 89.9 Å². The van der Waals surface area contributed by atoms with Crippen LogP contribution in [0.2, 0.25) is 0 Å². The van der Waals surface area contributed by atoms with Crippen LogP contribution >= 0.6 is 0 Å². The van der Waals surface area contributed by atoms with E-state index in [1.54, 1.807) is 30.3 Å². The Morgan fingerprint density at radius 1 is 1.04 bits per heavy atom. The summed E-state index contributed by atoms with van der Waals surface area (Å²) in [6, 6.07) is 19.0. The van der Waals surface area contributed by atoms with Gasteiger partial charge in [-0.2, -0.15) is 5.10 Å². The summed E-state index contributed by atoms with van der Waals surface area (Å²) in [5, 5.41) is 14.7. The highest BCUT2D eigenvalue weighted by Gasteiger charge is 2.10. The fourth-order valence-electron chi connectivity index (χ4n) is 3.02. The quantitative estimate of drug-likeness (QED) is 0.588. The normalized spacial score (nSPS) is 11.0. The molecule has 0 spiro atoms. The smallest absolute Gasteiger partial charge is 0.335 e. The number of carboxylic acids is 1. The largest absolute Gasteiger partial charge is 0.478 e. The van der Waals surface area contributed by atoms with E-state index < -0.39 is 5.97 Å². The molecule has 4 rings (SSSR count). The first-order chi connectivity index (χ1) is 12.6. The average molecular weight is 346 g/mol. The van der Waals surface area contributed by atoms with Crippen molar-refractivity contribution < 1.29 is 14.3 Å². The Labute approximate surface area is 149 Å². The summed E-state index contributed by atoms with van der Waals surface area (Å²) >= 11 is 0. The van der Waals surface area contributed by atoms with E-state index in [1.165, 1.54) is 12.1 Å². The van der Waals surface area contributed by atoms with Gasteiger partial charge in [-0.25, -0.2) is 9.18 Å². The first-order valence-electron chi connectivity index (χ1n) is 8.14. The molecule has 4 nitrogen and oxygen atoms in total. The van der Waals surface area contributed by atoms with Gasteiger partial charge in [-0.15, -0.1) is 0 Å². The number of halogens is 1. The highest BCUT2D eigenvalue weighted by Crippen LogP contribution is 2.29. The molecule has 1 aromatic heterocycles. The minimum atomic E-state index is -0.953. The lowest BCUT2D eigenvalue weighted by Gasteiger charge is -2.04. The van der Waals surface area contributed by atoms with Crippen molar-refractivity contribution in [3.8, 4) is 11.1 Å². The van der Waals surface area contributed by atoms with Crippen LogP contribution in [0.5, 0.6) is 0 Å². The number of hydrogen-bond acceptors (Lipinski definition) is 2. The van der Waals surface area contributed by atoms with Crippen molar-refractivity contribution in [1.82, 2.24) is 9.78 Å². The van der Waals surface area contributed by atoms with E-state index in [-0.39, 0.29) is 11.4 Å². The second kappa shape index (κ2) is 6.44. The van der Waals surface area contributed by atoms with Crippen LogP contribution in [0.25, 0.3) is 22.0 Å². The van der Waals surface area contributed by atoms with Gasteiger partial charge in [-0.05, 0) is 47.0 Å². The van der Waals surface area contributed by atoms with Crippen molar-refractivity contribution in [3.63, 3.8) is 0 Å². The fraction of sp³-hybridized carbons (Fsp3) is 0.0476. The molecule has 5 heteroatoms. The summed E-state index contributed by atoms with van der Waals surface area (Å²) in [6.45, 7) is 0.531. The third-order valence-corrected chi connectivity index (χ3v) is 4.28. The molecule has 0 aliphatic rings. The van der Waals surface area contributed by atoms with Crippen molar-refractivity contribution in [2.75, 3.05) is 0 Å². The third-order valence-electron chi connectivity index (χ3n) is 4.28. The summed E-state index contributed by atoms with van der Waals surface area (Å²) in [5.74, 6) is -1.22. The Kier molecular flexibility index (Phi) is 3.97. The summed E-state index contributed by atoms with van der Waals surface area (Å²) in [5.41, 5.74) is 3.78. The molecule has 26 heavy (non-hydrogen) atoms. The number of aromatic carboxylic acids is 1. The second-order valence-electron chi connectivity index (χ2n) is 6.08. The highest BCUT2D eigenvalue weighted by molar-refractivity contribution is 5.96. The lowest BCUT2D eigenvalue weighted by atomic mass is 10.00. The maximum Gasteiger partial charge on any atom is 0.335 e. The van der Waals surface area contributed by atoms with Crippen molar-refractivity contribution >= 4 is 16.9 Å². The molecule has 4 aromatic rings. The molecule has 0 saturated carbocycles. The lowest BCUT2D eigenvalue weighted by Crippen LogP contribution is -1.99. The van der Waals surface area contributed by atoms with Gasteiger partial charge in [0.05, 0.1) is 17.6 Å². The Bertz CT molecular complexity index is 1100. The molecule has 3 aromatic carbocycles. The number of fused-ring (bicyclic) bond motifs is 1. The summed E-state index contributed by atoms with van der Waals surface area (Å²) in [7, 11) is 0. The topological polar surface area (TPSA) is 55.1 Å². The summed E-state index contributed by atoms with van der Waals surface area (Å²) in [6.07, 6.45) is 1.93. The molecule has 0 unspecified atom stereocenters. The zero-order valence-corrected chi connectivity index (χ0v) is 13.8. The van der Waals surface area contributed by atoms with Crippen LogP contribution in [0.15, 0.2) is 72.9 Å². The van der Waals surface area contributed by atoms with Crippen LogP contribution in [-0.4, -0.2) is 20.9 Å². The van der Waals surface area contributed by atoms with Crippen molar-refractivity contribution in [2.24, 2.45) is 0 Å². The van der Waals surface area contributed by atoms with Gasteiger partial charge in [0.1, 0.15) is 5.82 Å². The molecule has 0 atom stereocenters. The van der Waals surface area contributed by atoms with Crippen LogP contribution in [0.1, 0.15) is 15.9 Å². The summed E-state index contributed by atoms with van der Waals surface area (Å²) < 4.78 is 14.9. The van der Waals surface area contributed by atoms with Gasteiger partial charge in [0.15, 0.2) is 0 Å². The average Bonchev–Trinajstić information content (AvgIpc) is 3.06. The predicted octanol–water partition coefficient (Wildman–Crippen LogP) is 4.59. The molecule has 1 heterocycles. The van der Waals surface area contributed by atoms with Gasteiger partial charge in [-0.1, -0.05) is 36.4 Å². The second-order valence-corrected chi connectivity index (χ2v) is 6.08. The molecule has 0 aliphatic carbocycles. The molecule has 0 saturated heterocycles. The molecular formula is C21H15FN2O2. The third kappa shape index (κ3) is 3.07. The maximum absolute atomic E-state index is 13.1. The standard InChI is InChI=1S/C21H15FN2O2/c22-17-9-7-14(8-10-17)12-24-13-19-18(5-2-6-20(19)23-24)15-3-1-4-16(11-15)21(25)26/h1-11,13H,12H2,(H,25,26). The molecule has 0 fully saturated rings. The molecule has 0 bridgehead atoms. The minimum absolute atomic E-state index is 0.248. The highest BCUT2D eigenvalue weighted by atomic mass is 19.1. The van der Waals surface area contributed by atoms with Gasteiger partial charge >= 0.3 is 5.97 Å². The summed E-state index contributed by atoms with van der Waals surface area (Å²) in [4.78, 5) is 11.2. The van der Waals surface area contributed by atoms with Crippen LogP contribution in [-0.2, 0) is 6.54 Å². The van der Waals surface area contributed by atoms with Crippen LogP contribution in [0.3, 0.4) is 0 Å². The van der Waals surface area contributed by atoms with E-state index in [0.29, 0.717) is 6.54 Å². The zero-order valence-electron chi connectivity index (χ0n) is 13.8. The Morgan fingerprint density at radius 3 is 2.58 bits per heavy atom. The Morgan fingerprint density at radius 2 is 1.81 bits per heavy atom. The molecule has 128 valence electrons. The predicted molar refractivity (Wildman–Crippen MR) is 97.6 cm³/mol. The van der Waals surface area contributed by atoms with E-state index in [1.807, 2.05) is 35.1 Å². The van der Waals surface area contributed by atoms with Crippen molar-refractivity contribution in [1.29, 1.82) is 0 Å². The van der Waals surface area contributed by atoms with Crippen LogP contribution in [0.4, 0.5) is 4.39 Å². The number of hydrogen-bond donors (Lipinski definition) is 1. The molecule has 0 amide bonds. The van der Waals surface area contributed by atoms with Gasteiger partial charge in [0.25, 0.3) is 0 Å². The zero-order chi connectivity index (χ0) is 18.1. The van der Waals surface area contributed by atoms with Gasteiger partial charge < -0.3 is 5.11 Å². The number of carbonyl (C=O) groups is 1. The van der Waals surface area contributed by atoms with Crippen LogP contribution < -0.4 is 0 Å². The number of nitrogens with zero attached hydrogens (tertiary/aromatic N) is 2. The molecule has 0 radical (unpaired) electrons. The first kappa shape index (κ1) is 16.0. The molecular weight excluding hydrogens is 331 g/mol. The van der Waals surface area contributed by atoms with Crippen LogP contribution in [0, 0.1) is 5.82 Å². The van der Waals surface area contributed by atoms with E-state index >= 15 is 0 Å². The van der Waals surface area contributed by atoms with E-state index in [4.69, 9.17) is 0 Å². The monoisotopic (exact) mass is 346 g/mol. The number of benzene rings is 3. The maximum atomic E-state index is 13.1. The molecule has 0 aliphatic heterocycles.